The maximum atomic E-state index is 10.6. The minimum absolute atomic E-state index is 0.295. The van der Waals surface area contributed by atoms with Crippen LogP contribution in [0.2, 0.25) is 0 Å². The minimum atomic E-state index is -0.950. The summed E-state index contributed by atoms with van der Waals surface area (Å²) in [5, 5.41) is 20.3. The van der Waals surface area contributed by atoms with E-state index in [4.69, 9.17) is 10.2 Å². The predicted molar refractivity (Wildman–Crippen MR) is 62.4 cm³/mol. The van der Waals surface area contributed by atoms with E-state index >= 15 is 0 Å². The summed E-state index contributed by atoms with van der Waals surface area (Å²) in [4.78, 5) is 10.6. The standard InChI is InChI=1S/C12H23NO3/c1-12(2,13-11(15)16)7-9-3-5-10(8-14)6-4-9/h9-10,13-14H,3-8H2,1-2H3,(H,15,16)/t9-,10-. The van der Waals surface area contributed by atoms with Crippen LogP contribution in [0.5, 0.6) is 0 Å². The summed E-state index contributed by atoms with van der Waals surface area (Å²) in [6.07, 6.45) is 4.30. The zero-order valence-electron chi connectivity index (χ0n) is 10.2. The van der Waals surface area contributed by atoms with Crippen molar-refractivity contribution in [3.8, 4) is 0 Å². The van der Waals surface area contributed by atoms with Gasteiger partial charge in [0.15, 0.2) is 0 Å². The second-order valence-corrected chi connectivity index (χ2v) is 5.59. The number of hydrogen-bond acceptors (Lipinski definition) is 2. The molecule has 0 aromatic carbocycles. The number of hydrogen-bond donors (Lipinski definition) is 3. The Balaban J connectivity index is 2.35. The van der Waals surface area contributed by atoms with Gasteiger partial charge in [-0.15, -0.1) is 0 Å². The Bertz CT molecular complexity index is 232. The second kappa shape index (κ2) is 5.53. The van der Waals surface area contributed by atoms with Crippen molar-refractivity contribution >= 4 is 6.09 Å². The molecule has 0 saturated heterocycles. The van der Waals surface area contributed by atoms with Gasteiger partial charge in [-0.3, -0.25) is 0 Å². The summed E-state index contributed by atoms with van der Waals surface area (Å²) >= 11 is 0. The lowest BCUT2D eigenvalue weighted by Crippen LogP contribution is -2.44. The van der Waals surface area contributed by atoms with E-state index in [9.17, 15) is 4.79 Å². The Morgan fingerprint density at radius 2 is 1.75 bits per heavy atom. The summed E-state index contributed by atoms with van der Waals surface area (Å²) in [6, 6.07) is 0. The van der Waals surface area contributed by atoms with E-state index in [1.807, 2.05) is 13.8 Å². The van der Waals surface area contributed by atoms with Gasteiger partial charge in [-0.1, -0.05) is 12.8 Å². The average Bonchev–Trinajstić information content (AvgIpc) is 2.16. The topological polar surface area (TPSA) is 69.6 Å². The van der Waals surface area contributed by atoms with E-state index in [2.05, 4.69) is 5.32 Å². The molecule has 0 bridgehead atoms. The van der Waals surface area contributed by atoms with E-state index in [0.717, 1.165) is 32.1 Å². The highest BCUT2D eigenvalue weighted by molar-refractivity contribution is 5.65. The molecule has 0 aromatic rings. The van der Waals surface area contributed by atoms with Crippen LogP contribution >= 0.6 is 0 Å². The lowest BCUT2D eigenvalue weighted by molar-refractivity contribution is 0.145. The van der Waals surface area contributed by atoms with Crippen LogP contribution in [-0.4, -0.2) is 28.5 Å². The number of amides is 1. The Morgan fingerprint density at radius 3 is 2.19 bits per heavy atom. The summed E-state index contributed by atoms with van der Waals surface area (Å²) < 4.78 is 0. The monoisotopic (exact) mass is 229 g/mol. The Morgan fingerprint density at radius 1 is 1.25 bits per heavy atom. The summed E-state index contributed by atoms with van der Waals surface area (Å²) in [6.45, 7) is 4.15. The highest BCUT2D eigenvalue weighted by atomic mass is 16.4. The largest absolute Gasteiger partial charge is 0.465 e. The fourth-order valence-corrected chi connectivity index (χ4v) is 2.68. The van der Waals surface area contributed by atoms with Crippen molar-refractivity contribution < 1.29 is 15.0 Å². The molecule has 0 spiro atoms. The molecule has 0 aromatic heterocycles. The van der Waals surface area contributed by atoms with E-state index in [0.29, 0.717) is 18.4 Å². The first kappa shape index (κ1) is 13.3. The summed E-state index contributed by atoms with van der Waals surface area (Å²) in [5.74, 6) is 1.05. The highest BCUT2D eigenvalue weighted by Gasteiger charge is 2.28. The first-order valence-electron chi connectivity index (χ1n) is 6.05. The van der Waals surface area contributed by atoms with Crippen LogP contribution in [0, 0.1) is 11.8 Å². The quantitative estimate of drug-likeness (QED) is 0.692. The fraction of sp³-hybridized carbons (Fsp3) is 0.917. The van der Waals surface area contributed by atoms with Gasteiger partial charge in [0, 0.05) is 12.1 Å². The molecule has 4 nitrogen and oxygen atoms in total. The summed E-state index contributed by atoms with van der Waals surface area (Å²) in [7, 11) is 0. The molecular weight excluding hydrogens is 206 g/mol. The van der Waals surface area contributed by atoms with Crippen molar-refractivity contribution in [2.75, 3.05) is 6.61 Å². The van der Waals surface area contributed by atoms with E-state index in [1.54, 1.807) is 0 Å². The van der Waals surface area contributed by atoms with Gasteiger partial charge in [0.25, 0.3) is 0 Å². The number of aliphatic hydroxyl groups is 1. The normalized spacial score (nSPS) is 26.4. The zero-order chi connectivity index (χ0) is 12.2. The second-order valence-electron chi connectivity index (χ2n) is 5.59. The number of carboxylic acid groups (broad SMARTS) is 1. The van der Waals surface area contributed by atoms with Crippen LogP contribution in [0.1, 0.15) is 46.0 Å². The molecule has 0 heterocycles. The molecule has 1 fully saturated rings. The zero-order valence-corrected chi connectivity index (χ0v) is 10.2. The maximum Gasteiger partial charge on any atom is 0.405 e. The SMILES string of the molecule is CC(C)(C[C@H]1CC[C@H](CO)CC1)NC(=O)O. The van der Waals surface area contributed by atoms with Gasteiger partial charge >= 0.3 is 6.09 Å². The number of carbonyl (C=O) groups is 1. The molecular formula is C12H23NO3. The third-order valence-electron chi connectivity index (χ3n) is 3.47. The molecule has 1 amide bonds. The van der Waals surface area contributed by atoms with E-state index in [-0.39, 0.29) is 5.54 Å². The lowest BCUT2D eigenvalue weighted by Gasteiger charge is -2.33. The molecule has 1 saturated carbocycles. The fourth-order valence-electron chi connectivity index (χ4n) is 2.68. The Labute approximate surface area is 97.0 Å². The predicted octanol–water partition coefficient (Wildman–Crippen LogP) is 2.22. The molecule has 1 aliphatic rings. The average molecular weight is 229 g/mol. The van der Waals surface area contributed by atoms with Crippen molar-refractivity contribution in [2.45, 2.75) is 51.5 Å². The van der Waals surface area contributed by atoms with E-state index < -0.39 is 6.09 Å². The number of nitrogens with one attached hydrogen (secondary N) is 1. The Hall–Kier alpha value is -0.770. The van der Waals surface area contributed by atoms with Crippen LogP contribution in [0.4, 0.5) is 4.79 Å². The third-order valence-corrected chi connectivity index (χ3v) is 3.47. The Kier molecular flexibility index (Phi) is 4.59. The van der Waals surface area contributed by atoms with Crippen molar-refractivity contribution in [3.05, 3.63) is 0 Å². The number of aliphatic hydroxyl groups excluding tert-OH is 1. The van der Waals surface area contributed by atoms with Gasteiger partial charge in [-0.2, -0.15) is 0 Å². The molecule has 0 atom stereocenters. The third kappa shape index (κ3) is 4.39. The van der Waals surface area contributed by atoms with Crippen molar-refractivity contribution in [2.24, 2.45) is 11.8 Å². The van der Waals surface area contributed by atoms with Gasteiger partial charge in [0.1, 0.15) is 0 Å². The smallest absolute Gasteiger partial charge is 0.405 e. The van der Waals surface area contributed by atoms with Gasteiger partial charge in [0.05, 0.1) is 0 Å². The molecule has 0 radical (unpaired) electrons. The molecule has 94 valence electrons. The van der Waals surface area contributed by atoms with Crippen LogP contribution in [-0.2, 0) is 0 Å². The molecule has 1 rings (SSSR count). The summed E-state index contributed by atoms with van der Waals surface area (Å²) in [5.41, 5.74) is -0.345. The van der Waals surface area contributed by atoms with Crippen molar-refractivity contribution in [1.29, 1.82) is 0 Å². The van der Waals surface area contributed by atoms with Crippen molar-refractivity contribution in [3.63, 3.8) is 0 Å². The van der Waals surface area contributed by atoms with E-state index in [1.165, 1.54) is 0 Å². The first-order chi connectivity index (χ1) is 7.43. The molecule has 4 heteroatoms. The molecule has 0 aliphatic heterocycles. The molecule has 0 unspecified atom stereocenters. The van der Waals surface area contributed by atoms with Crippen LogP contribution in [0.25, 0.3) is 0 Å². The molecule has 1 aliphatic carbocycles. The minimum Gasteiger partial charge on any atom is -0.465 e. The highest BCUT2D eigenvalue weighted by Crippen LogP contribution is 2.33. The van der Waals surface area contributed by atoms with Crippen LogP contribution in [0.15, 0.2) is 0 Å². The van der Waals surface area contributed by atoms with Gasteiger partial charge in [-0.25, -0.2) is 4.79 Å². The number of rotatable bonds is 4. The van der Waals surface area contributed by atoms with Crippen LogP contribution in [0.3, 0.4) is 0 Å². The first-order valence-corrected chi connectivity index (χ1v) is 6.05. The van der Waals surface area contributed by atoms with Gasteiger partial charge < -0.3 is 15.5 Å². The maximum absolute atomic E-state index is 10.6. The molecule has 3 N–H and O–H groups in total. The van der Waals surface area contributed by atoms with Gasteiger partial charge in [0.2, 0.25) is 0 Å². The van der Waals surface area contributed by atoms with Crippen LogP contribution < -0.4 is 5.32 Å². The van der Waals surface area contributed by atoms with Crippen molar-refractivity contribution in [1.82, 2.24) is 5.32 Å². The van der Waals surface area contributed by atoms with Gasteiger partial charge in [-0.05, 0) is 44.9 Å². The lowest BCUT2D eigenvalue weighted by atomic mass is 9.77. The molecule has 16 heavy (non-hydrogen) atoms.